The fourth-order valence-electron chi connectivity index (χ4n) is 4.80. The van der Waals surface area contributed by atoms with Gasteiger partial charge in [0.05, 0.1) is 0 Å². The first-order valence-electron chi connectivity index (χ1n) is 9.16. The van der Waals surface area contributed by atoms with Gasteiger partial charge in [-0.15, -0.1) is 0 Å². The van der Waals surface area contributed by atoms with E-state index in [-0.39, 0.29) is 0 Å². The van der Waals surface area contributed by atoms with Gasteiger partial charge in [-0.25, -0.2) is 0 Å². The molecule has 0 amide bonds. The molecule has 2 aliphatic rings. The van der Waals surface area contributed by atoms with Gasteiger partial charge in [-0.05, 0) is 0 Å². The SMILES string of the molecule is CCC[C]1([Hf]([CH3])[CH3])C=Cc2cc3c(cc21)CC(CC)(CC)C3. The minimum atomic E-state index is -1.55. The van der Waals surface area contributed by atoms with Gasteiger partial charge in [0.25, 0.3) is 0 Å². The second-order valence-corrected chi connectivity index (χ2v) is 18.2. The topological polar surface area (TPSA) is 0 Å². The standard InChI is InChI=1S/C19H25.2CH3.Hf/c1-4-7-14-8-9-15-10-16-12-19(5-2,6-3)13-17(16)11-18(14)15;;;/h8-11H,4-7,12-13H2,1-3H3;2*1H3;. The number of allylic oxidation sites excluding steroid dienone is 1. The van der Waals surface area contributed by atoms with Crippen LogP contribution in [0.15, 0.2) is 18.2 Å². The van der Waals surface area contributed by atoms with Crippen LogP contribution in [0.3, 0.4) is 0 Å². The average Bonchev–Trinajstić information content (AvgIpc) is 3.05. The number of hydrogen-bond acceptors (Lipinski definition) is 0. The predicted octanol–water partition coefficient (Wildman–Crippen LogP) is 6.33. The van der Waals surface area contributed by atoms with Gasteiger partial charge in [0.2, 0.25) is 0 Å². The maximum absolute atomic E-state index is 2.64. The molecule has 0 aromatic heterocycles. The molecule has 1 atom stereocenters. The van der Waals surface area contributed by atoms with E-state index in [1.54, 1.807) is 22.3 Å². The number of rotatable bonds is 5. The molecule has 0 radical (unpaired) electrons. The van der Waals surface area contributed by atoms with Crippen LogP contribution in [-0.2, 0) is 37.5 Å². The number of hydrogen-bond donors (Lipinski definition) is 0. The summed E-state index contributed by atoms with van der Waals surface area (Å²) in [7, 11) is 0. The second kappa shape index (κ2) is 6.04. The van der Waals surface area contributed by atoms with Crippen LogP contribution >= 0.6 is 0 Å². The molecule has 0 nitrogen and oxygen atoms in total. The van der Waals surface area contributed by atoms with Crippen molar-refractivity contribution in [2.45, 2.75) is 71.8 Å². The van der Waals surface area contributed by atoms with Crippen LogP contribution in [0.25, 0.3) is 6.08 Å². The van der Waals surface area contributed by atoms with E-state index >= 15 is 0 Å². The van der Waals surface area contributed by atoms with E-state index in [4.69, 9.17) is 0 Å². The van der Waals surface area contributed by atoms with E-state index in [1.165, 1.54) is 38.5 Å². The van der Waals surface area contributed by atoms with Crippen LogP contribution in [0.4, 0.5) is 0 Å². The molecule has 1 heteroatoms. The van der Waals surface area contributed by atoms with Gasteiger partial charge in [0, 0.05) is 0 Å². The Morgan fingerprint density at radius 2 is 1.64 bits per heavy atom. The Hall–Kier alpha value is -0.170. The first kappa shape index (κ1) is 16.7. The van der Waals surface area contributed by atoms with Crippen LogP contribution in [0.1, 0.15) is 68.7 Å². The molecule has 22 heavy (non-hydrogen) atoms. The first-order chi connectivity index (χ1) is 10.5. The molecular weight excluding hydrogens is 431 g/mol. The Kier molecular flexibility index (Phi) is 4.58. The fraction of sp³-hybridized carbons (Fsp3) is 0.619. The van der Waals surface area contributed by atoms with Gasteiger partial charge in [-0.1, -0.05) is 0 Å². The van der Waals surface area contributed by atoms with E-state index in [1.807, 2.05) is 0 Å². The van der Waals surface area contributed by atoms with Crippen molar-refractivity contribution in [2.75, 3.05) is 0 Å². The molecule has 0 bridgehead atoms. The van der Waals surface area contributed by atoms with Crippen molar-refractivity contribution in [2.24, 2.45) is 5.41 Å². The molecule has 0 heterocycles. The Labute approximate surface area is 144 Å². The van der Waals surface area contributed by atoms with Crippen LogP contribution in [0.2, 0.25) is 9.36 Å². The summed E-state index contributed by atoms with van der Waals surface area (Å²) >= 11 is -1.55. The zero-order chi connectivity index (χ0) is 16.0. The molecule has 119 valence electrons. The Morgan fingerprint density at radius 1 is 1.00 bits per heavy atom. The molecule has 1 aromatic rings. The predicted molar refractivity (Wildman–Crippen MR) is 94.2 cm³/mol. The Bertz CT molecular complexity index is 592. The molecule has 0 N–H and O–H groups in total. The summed E-state index contributed by atoms with van der Waals surface area (Å²) in [5.41, 5.74) is 7.15. The van der Waals surface area contributed by atoms with Crippen LogP contribution in [0.5, 0.6) is 0 Å². The molecular formula is C21H31Hf. The third kappa shape index (κ3) is 2.43. The summed E-state index contributed by atoms with van der Waals surface area (Å²) < 4.78 is 5.71. The molecule has 0 saturated heterocycles. The minimum absolute atomic E-state index is 0.494. The van der Waals surface area contributed by atoms with Gasteiger partial charge in [0.1, 0.15) is 0 Å². The quantitative estimate of drug-likeness (QED) is 0.449. The summed E-state index contributed by atoms with van der Waals surface area (Å²) in [5.74, 6) is 0. The Balaban J connectivity index is 2.05. The molecule has 0 spiro atoms. The zero-order valence-corrected chi connectivity index (χ0v) is 18.6. The molecule has 3 rings (SSSR count). The number of fused-ring (bicyclic) bond motifs is 2. The van der Waals surface area contributed by atoms with Crippen LogP contribution < -0.4 is 0 Å². The van der Waals surface area contributed by atoms with Gasteiger partial charge in [0.15, 0.2) is 0 Å². The van der Waals surface area contributed by atoms with Crippen LogP contribution in [-0.4, -0.2) is 0 Å². The fourth-order valence-corrected chi connectivity index (χ4v) is 11.7. The maximum atomic E-state index is 2.64. The Morgan fingerprint density at radius 3 is 2.18 bits per heavy atom. The second-order valence-electron chi connectivity index (χ2n) is 7.82. The van der Waals surface area contributed by atoms with Gasteiger partial charge in [-0.3, -0.25) is 0 Å². The molecule has 0 aliphatic heterocycles. The van der Waals surface area contributed by atoms with Crippen molar-refractivity contribution in [1.29, 1.82) is 0 Å². The average molecular weight is 462 g/mol. The van der Waals surface area contributed by atoms with Crippen molar-refractivity contribution in [3.63, 3.8) is 0 Å². The van der Waals surface area contributed by atoms with Crippen molar-refractivity contribution >= 4 is 6.08 Å². The van der Waals surface area contributed by atoms with E-state index < -0.39 is 21.4 Å². The molecule has 0 saturated carbocycles. The summed E-state index contributed by atoms with van der Waals surface area (Å²) in [6.07, 6.45) is 13.0. The normalized spacial score (nSPS) is 24.4. The van der Waals surface area contributed by atoms with E-state index in [9.17, 15) is 0 Å². The van der Waals surface area contributed by atoms with Gasteiger partial charge < -0.3 is 0 Å². The van der Waals surface area contributed by atoms with E-state index in [0.717, 1.165) is 0 Å². The third-order valence-corrected chi connectivity index (χ3v) is 15.4. The van der Waals surface area contributed by atoms with Crippen LogP contribution in [0, 0.1) is 5.41 Å². The van der Waals surface area contributed by atoms with Gasteiger partial charge >= 0.3 is 145 Å². The zero-order valence-electron chi connectivity index (χ0n) is 15.1. The summed E-state index contributed by atoms with van der Waals surface area (Å²) in [4.78, 5) is 0. The summed E-state index contributed by atoms with van der Waals surface area (Å²) in [6, 6.07) is 5.20. The van der Waals surface area contributed by atoms with Crippen molar-refractivity contribution in [3.8, 4) is 0 Å². The summed E-state index contributed by atoms with van der Waals surface area (Å²) in [5, 5.41) is 0. The van der Waals surface area contributed by atoms with Crippen molar-refractivity contribution in [1.82, 2.24) is 0 Å². The van der Waals surface area contributed by atoms with E-state index in [2.05, 4.69) is 54.4 Å². The molecule has 0 fully saturated rings. The number of benzene rings is 1. The van der Waals surface area contributed by atoms with Gasteiger partial charge in [-0.2, -0.15) is 0 Å². The third-order valence-electron chi connectivity index (χ3n) is 6.57. The summed E-state index contributed by atoms with van der Waals surface area (Å²) in [6.45, 7) is 7.12. The molecule has 1 unspecified atom stereocenters. The molecule has 2 aliphatic carbocycles. The van der Waals surface area contributed by atoms with Crippen molar-refractivity contribution in [3.05, 3.63) is 40.5 Å². The van der Waals surface area contributed by atoms with Crippen molar-refractivity contribution < 1.29 is 21.4 Å². The molecule has 1 aromatic carbocycles. The first-order valence-corrected chi connectivity index (χ1v) is 18.1. The van der Waals surface area contributed by atoms with E-state index in [0.29, 0.717) is 8.59 Å². The monoisotopic (exact) mass is 463 g/mol.